The highest BCUT2D eigenvalue weighted by molar-refractivity contribution is 7.17. The van der Waals surface area contributed by atoms with Crippen LogP contribution in [0.2, 0.25) is 0 Å². The number of aromatic nitrogens is 4. The molecule has 0 aliphatic rings. The minimum Gasteiger partial charge on any atom is -0.353 e. The quantitative estimate of drug-likeness (QED) is 0.488. The second-order valence-corrected chi connectivity index (χ2v) is 8.67. The highest BCUT2D eigenvalue weighted by atomic mass is 32.1. The zero-order valence-corrected chi connectivity index (χ0v) is 19.5. The normalized spacial score (nSPS) is 10.9. The van der Waals surface area contributed by atoms with E-state index < -0.39 is 0 Å². The fourth-order valence-corrected chi connectivity index (χ4v) is 3.80. The van der Waals surface area contributed by atoms with Crippen molar-refractivity contribution < 1.29 is 4.79 Å². The lowest BCUT2D eigenvalue weighted by atomic mass is 10.1. The molecule has 10 heteroatoms. The van der Waals surface area contributed by atoms with Gasteiger partial charge in [0.25, 0.3) is 5.91 Å². The van der Waals surface area contributed by atoms with Gasteiger partial charge in [-0.05, 0) is 52.9 Å². The number of nitrogens with one attached hydrogen (secondary N) is 3. The minimum atomic E-state index is -0.196. The summed E-state index contributed by atoms with van der Waals surface area (Å²) in [4.78, 5) is 32.6. The van der Waals surface area contributed by atoms with Gasteiger partial charge in [0.2, 0.25) is 11.9 Å². The van der Waals surface area contributed by atoms with Gasteiger partial charge in [0.05, 0.1) is 6.20 Å². The molecule has 1 amide bonds. The van der Waals surface area contributed by atoms with Crippen LogP contribution in [-0.2, 0) is 0 Å². The Bertz CT molecular complexity index is 1060. The SMILES string of the molecule is Cc1cc(C)c(NC(=O)c2cnc(Nc3nc(C)nc(NCCN(C)C)n3)s2)c(C)c1. The third kappa shape index (κ3) is 6.19. The predicted molar refractivity (Wildman–Crippen MR) is 126 cm³/mol. The summed E-state index contributed by atoms with van der Waals surface area (Å²) in [6.45, 7) is 9.40. The van der Waals surface area contributed by atoms with Gasteiger partial charge >= 0.3 is 0 Å². The molecule has 0 bridgehead atoms. The lowest BCUT2D eigenvalue weighted by molar-refractivity contribution is 0.103. The van der Waals surface area contributed by atoms with Gasteiger partial charge < -0.3 is 15.5 Å². The van der Waals surface area contributed by atoms with E-state index in [9.17, 15) is 4.79 Å². The molecule has 3 N–H and O–H groups in total. The van der Waals surface area contributed by atoms with E-state index in [1.165, 1.54) is 16.9 Å². The Labute approximate surface area is 186 Å². The predicted octanol–water partition coefficient (Wildman–Crippen LogP) is 3.53. The van der Waals surface area contributed by atoms with Crippen LogP contribution >= 0.6 is 11.3 Å². The number of nitrogens with zero attached hydrogens (tertiary/aromatic N) is 5. The monoisotopic (exact) mass is 440 g/mol. The first-order valence-electron chi connectivity index (χ1n) is 9.94. The Balaban J connectivity index is 1.68. The Morgan fingerprint density at radius 1 is 1.03 bits per heavy atom. The Hall–Kier alpha value is -3.11. The van der Waals surface area contributed by atoms with E-state index in [4.69, 9.17) is 0 Å². The summed E-state index contributed by atoms with van der Waals surface area (Å²) >= 11 is 1.24. The molecule has 164 valence electrons. The summed E-state index contributed by atoms with van der Waals surface area (Å²) in [6, 6.07) is 4.10. The number of anilines is 4. The van der Waals surface area contributed by atoms with E-state index >= 15 is 0 Å². The van der Waals surface area contributed by atoms with Crippen LogP contribution in [0.15, 0.2) is 18.3 Å². The highest BCUT2D eigenvalue weighted by Crippen LogP contribution is 2.25. The van der Waals surface area contributed by atoms with Gasteiger partial charge in [0.15, 0.2) is 5.13 Å². The number of aryl methyl sites for hydroxylation is 4. The Kier molecular flexibility index (Phi) is 7.13. The summed E-state index contributed by atoms with van der Waals surface area (Å²) in [5.41, 5.74) is 4.06. The third-order valence-corrected chi connectivity index (χ3v) is 5.36. The van der Waals surface area contributed by atoms with Gasteiger partial charge in [-0.25, -0.2) is 4.98 Å². The molecule has 0 aliphatic carbocycles. The molecule has 31 heavy (non-hydrogen) atoms. The second-order valence-electron chi connectivity index (χ2n) is 7.64. The molecule has 0 aliphatic heterocycles. The van der Waals surface area contributed by atoms with Crippen molar-refractivity contribution in [2.75, 3.05) is 43.1 Å². The molecule has 0 saturated carbocycles. The van der Waals surface area contributed by atoms with Gasteiger partial charge in [0, 0.05) is 18.8 Å². The molecule has 1 aromatic carbocycles. The summed E-state index contributed by atoms with van der Waals surface area (Å²) in [5, 5.41) is 9.78. The van der Waals surface area contributed by atoms with Crippen LogP contribution in [0, 0.1) is 27.7 Å². The molecular weight excluding hydrogens is 412 g/mol. The molecule has 3 aromatic rings. The molecule has 2 heterocycles. The minimum absolute atomic E-state index is 0.196. The van der Waals surface area contributed by atoms with Crippen LogP contribution in [0.5, 0.6) is 0 Å². The summed E-state index contributed by atoms with van der Waals surface area (Å²) in [6.07, 6.45) is 1.55. The van der Waals surface area contributed by atoms with Crippen LogP contribution in [0.4, 0.5) is 22.7 Å². The smallest absolute Gasteiger partial charge is 0.267 e. The van der Waals surface area contributed by atoms with E-state index in [1.807, 2.05) is 34.9 Å². The van der Waals surface area contributed by atoms with Crippen molar-refractivity contribution in [3.05, 3.63) is 45.7 Å². The number of hydrogen-bond acceptors (Lipinski definition) is 9. The number of benzene rings is 1. The van der Waals surface area contributed by atoms with Crippen LogP contribution in [-0.4, -0.2) is 57.9 Å². The number of rotatable bonds is 8. The van der Waals surface area contributed by atoms with E-state index in [0.29, 0.717) is 27.7 Å². The van der Waals surface area contributed by atoms with Crippen molar-refractivity contribution in [3.8, 4) is 0 Å². The maximum absolute atomic E-state index is 12.7. The second kappa shape index (κ2) is 9.80. The van der Waals surface area contributed by atoms with Crippen molar-refractivity contribution in [1.29, 1.82) is 0 Å². The maximum atomic E-state index is 12.7. The maximum Gasteiger partial charge on any atom is 0.267 e. The van der Waals surface area contributed by atoms with Gasteiger partial charge in [-0.1, -0.05) is 29.0 Å². The largest absolute Gasteiger partial charge is 0.353 e. The zero-order valence-electron chi connectivity index (χ0n) is 18.7. The lowest BCUT2D eigenvalue weighted by Crippen LogP contribution is -2.22. The molecule has 0 spiro atoms. The van der Waals surface area contributed by atoms with Crippen LogP contribution in [0.1, 0.15) is 32.2 Å². The summed E-state index contributed by atoms with van der Waals surface area (Å²) in [7, 11) is 4.01. The molecule has 2 aromatic heterocycles. The molecule has 0 unspecified atom stereocenters. The molecule has 0 atom stereocenters. The average Bonchev–Trinajstić information content (AvgIpc) is 3.12. The van der Waals surface area contributed by atoms with Gasteiger partial charge in [-0.3, -0.25) is 10.1 Å². The Morgan fingerprint density at radius 3 is 2.39 bits per heavy atom. The van der Waals surface area contributed by atoms with E-state index in [2.05, 4.69) is 52.9 Å². The third-order valence-electron chi connectivity index (χ3n) is 4.45. The Morgan fingerprint density at radius 2 is 1.71 bits per heavy atom. The first kappa shape index (κ1) is 22.6. The van der Waals surface area contributed by atoms with Crippen molar-refractivity contribution in [1.82, 2.24) is 24.8 Å². The van der Waals surface area contributed by atoms with Crippen molar-refractivity contribution in [3.63, 3.8) is 0 Å². The standard InChI is InChI=1S/C21H28N8OS/c1-12-9-13(2)17(14(3)10-12)26-18(30)16-11-23-21(31-16)28-20-25-15(4)24-19(27-20)22-7-8-29(5)6/h9-11H,7-8H2,1-6H3,(H,26,30)(H2,22,23,24,25,27,28). The molecule has 0 radical (unpaired) electrons. The van der Waals surface area contributed by atoms with Gasteiger partial charge in [-0.15, -0.1) is 0 Å². The van der Waals surface area contributed by atoms with Crippen molar-refractivity contribution in [2.24, 2.45) is 0 Å². The summed E-state index contributed by atoms with van der Waals surface area (Å²) in [5.74, 6) is 1.27. The molecule has 9 nitrogen and oxygen atoms in total. The first-order valence-corrected chi connectivity index (χ1v) is 10.8. The molecule has 0 saturated heterocycles. The van der Waals surface area contributed by atoms with Crippen molar-refractivity contribution in [2.45, 2.75) is 27.7 Å². The molecule has 3 rings (SSSR count). The lowest BCUT2D eigenvalue weighted by Gasteiger charge is -2.12. The van der Waals surface area contributed by atoms with Gasteiger partial charge in [-0.2, -0.15) is 15.0 Å². The van der Waals surface area contributed by atoms with Crippen LogP contribution < -0.4 is 16.0 Å². The molecular formula is C21H28N8OS. The van der Waals surface area contributed by atoms with E-state index in [1.54, 1.807) is 13.1 Å². The fraction of sp³-hybridized carbons (Fsp3) is 0.381. The number of carbonyl (C=O) groups excluding carboxylic acids is 1. The van der Waals surface area contributed by atoms with Crippen LogP contribution in [0.25, 0.3) is 0 Å². The first-order chi connectivity index (χ1) is 14.7. The van der Waals surface area contributed by atoms with E-state index in [-0.39, 0.29) is 5.91 Å². The number of thiazole rings is 1. The number of likely N-dealkylation sites (N-methyl/N-ethyl adjacent to an activating group) is 1. The van der Waals surface area contributed by atoms with Crippen molar-refractivity contribution >= 4 is 40.0 Å². The highest BCUT2D eigenvalue weighted by Gasteiger charge is 2.15. The topological polar surface area (TPSA) is 108 Å². The number of hydrogen-bond donors (Lipinski definition) is 3. The molecule has 0 fully saturated rings. The average molecular weight is 441 g/mol. The summed E-state index contributed by atoms with van der Waals surface area (Å²) < 4.78 is 0. The van der Waals surface area contributed by atoms with E-state index in [0.717, 1.165) is 29.9 Å². The fourth-order valence-electron chi connectivity index (χ4n) is 3.09. The van der Waals surface area contributed by atoms with Gasteiger partial charge in [0.1, 0.15) is 10.7 Å². The van der Waals surface area contributed by atoms with Crippen LogP contribution in [0.3, 0.4) is 0 Å². The number of carbonyl (C=O) groups is 1. The number of amides is 1. The zero-order chi connectivity index (χ0) is 22.5.